The molecular formula is C15H12ClFO2. The largest absolute Gasteiger partial charge is 0.426 e. The van der Waals surface area contributed by atoms with Gasteiger partial charge in [-0.25, -0.2) is 4.39 Å². The molecule has 0 aromatic heterocycles. The van der Waals surface area contributed by atoms with Gasteiger partial charge in [0.1, 0.15) is 11.6 Å². The van der Waals surface area contributed by atoms with E-state index in [-0.39, 0.29) is 12.2 Å². The van der Waals surface area contributed by atoms with Gasteiger partial charge in [-0.1, -0.05) is 23.7 Å². The molecule has 0 bridgehead atoms. The minimum absolute atomic E-state index is 0.0276. The summed E-state index contributed by atoms with van der Waals surface area (Å²) in [6, 6.07) is 10.9. The van der Waals surface area contributed by atoms with Crippen molar-refractivity contribution < 1.29 is 13.9 Å². The first-order chi connectivity index (χ1) is 9.04. The van der Waals surface area contributed by atoms with Crippen LogP contribution in [0.4, 0.5) is 4.39 Å². The zero-order valence-electron chi connectivity index (χ0n) is 10.3. The van der Waals surface area contributed by atoms with Gasteiger partial charge in [-0.05, 0) is 48.4 Å². The van der Waals surface area contributed by atoms with Gasteiger partial charge in [0.15, 0.2) is 0 Å². The van der Waals surface area contributed by atoms with E-state index in [9.17, 15) is 9.18 Å². The van der Waals surface area contributed by atoms with Crippen LogP contribution < -0.4 is 4.74 Å². The molecule has 0 N–H and O–H groups in total. The Morgan fingerprint density at radius 3 is 2.74 bits per heavy atom. The van der Waals surface area contributed by atoms with Crippen LogP contribution >= 0.6 is 11.6 Å². The minimum atomic E-state index is -0.434. The summed E-state index contributed by atoms with van der Waals surface area (Å²) in [5.74, 6) is -0.338. The Balaban J connectivity index is 2.05. The molecule has 0 radical (unpaired) electrons. The van der Waals surface area contributed by atoms with Gasteiger partial charge in [0.05, 0.1) is 6.42 Å². The van der Waals surface area contributed by atoms with Gasteiger partial charge in [0, 0.05) is 5.02 Å². The minimum Gasteiger partial charge on any atom is -0.426 e. The van der Waals surface area contributed by atoms with Crippen LogP contribution in [0, 0.1) is 12.7 Å². The van der Waals surface area contributed by atoms with Gasteiger partial charge in [-0.3, -0.25) is 4.79 Å². The molecule has 0 unspecified atom stereocenters. The van der Waals surface area contributed by atoms with E-state index in [1.165, 1.54) is 12.1 Å². The molecule has 2 aromatic rings. The third-order valence-corrected chi connectivity index (χ3v) is 2.83. The lowest BCUT2D eigenvalue weighted by molar-refractivity contribution is -0.133. The third-order valence-electron chi connectivity index (χ3n) is 2.60. The standard InChI is InChI=1S/C15H12ClFO2/c1-10-7-12(16)5-6-14(10)19-15(18)9-11-3-2-4-13(17)8-11/h2-8H,9H2,1H3. The van der Waals surface area contributed by atoms with Crippen molar-refractivity contribution in [1.29, 1.82) is 0 Å². The number of hydrogen-bond donors (Lipinski definition) is 0. The SMILES string of the molecule is Cc1cc(Cl)ccc1OC(=O)Cc1cccc(F)c1. The fraction of sp³-hybridized carbons (Fsp3) is 0.133. The monoisotopic (exact) mass is 278 g/mol. The van der Waals surface area contributed by atoms with Crippen molar-refractivity contribution in [2.45, 2.75) is 13.3 Å². The van der Waals surface area contributed by atoms with Crippen molar-refractivity contribution in [2.24, 2.45) is 0 Å². The smallest absolute Gasteiger partial charge is 0.315 e. The fourth-order valence-corrected chi connectivity index (χ4v) is 1.93. The molecule has 2 aromatic carbocycles. The average Bonchev–Trinajstić information content (AvgIpc) is 2.33. The summed E-state index contributed by atoms with van der Waals surface area (Å²) in [7, 11) is 0. The van der Waals surface area contributed by atoms with Crippen LogP contribution in [-0.4, -0.2) is 5.97 Å². The lowest BCUT2D eigenvalue weighted by Crippen LogP contribution is -2.12. The molecule has 4 heteroatoms. The molecule has 0 heterocycles. The Bertz CT molecular complexity index is 611. The van der Waals surface area contributed by atoms with Crippen molar-refractivity contribution >= 4 is 17.6 Å². The van der Waals surface area contributed by atoms with Crippen LogP contribution in [0.5, 0.6) is 5.75 Å². The molecule has 0 aliphatic carbocycles. The van der Waals surface area contributed by atoms with E-state index in [1.54, 1.807) is 37.3 Å². The van der Waals surface area contributed by atoms with E-state index in [0.717, 1.165) is 5.56 Å². The van der Waals surface area contributed by atoms with Crippen LogP contribution in [0.15, 0.2) is 42.5 Å². The van der Waals surface area contributed by atoms with E-state index in [2.05, 4.69) is 0 Å². The van der Waals surface area contributed by atoms with Crippen molar-refractivity contribution in [2.75, 3.05) is 0 Å². The Kier molecular flexibility index (Phi) is 4.17. The van der Waals surface area contributed by atoms with E-state index in [1.807, 2.05) is 0 Å². The highest BCUT2D eigenvalue weighted by atomic mass is 35.5. The maximum absolute atomic E-state index is 13.0. The summed E-state index contributed by atoms with van der Waals surface area (Å²) < 4.78 is 18.2. The molecule has 98 valence electrons. The number of esters is 1. The van der Waals surface area contributed by atoms with Gasteiger partial charge in [-0.2, -0.15) is 0 Å². The number of carbonyl (C=O) groups excluding carboxylic acids is 1. The number of carbonyl (C=O) groups is 1. The normalized spacial score (nSPS) is 10.3. The van der Waals surface area contributed by atoms with Crippen molar-refractivity contribution in [1.82, 2.24) is 0 Å². The van der Waals surface area contributed by atoms with Gasteiger partial charge < -0.3 is 4.74 Å². The first kappa shape index (κ1) is 13.6. The molecule has 19 heavy (non-hydrogen) atoms. The number of hydrogen-bond acceptors (Lipinski definition) is 2. The number of halogens is 2. The molecule has 0 spiro atoms. The van der Waals surface area contributed by atoms with Gasteiger partial charge in [-0.15, -0.1) is 0 Å². The van der Waals surface area contributed by atoms with Crippen molar-refractivity contribution in [3.8, 4) is 5.75 Å². The van der Waals surface area contributed by atoms with Crippen LogP contribution in [0.1, 0.15) is 11.1 Å². The molecule has 0 aliphatic heterocycles. The molecule has 0 atom stereocenters. The topological polar surface area (TPSA) is 26.3 Å². The van der Waals surface area contributed by atoms with Gasteiger partial charge in [0.2, 0.25) is 0 Å². The second-order valence-electron chi connectivity index (χ2n) is 4.19. The number of aryl methyl sites for hydroxylation is 1. The van der Waals surface area contributed by atoms with Crippen molar-refractivity contribution in [3.05, 3.63) is 64.4 Å². The lowest BCUT2D eigenvalue weighted by atomic mass is 10.1. The first-order valence-corrected chi connectivity index (χ1v) is 6.13. The fourth-order valence-electron chi connectivity index (χ4n) is 1.70. The predicted molar refractivity (Wildman–Crippen MR) is 71.9 cm³/mol. The molecule has 0 saturated carbocycles. The molecule has 0 amide bonds. The highest BCUT2D eigenvalue weighted by Crippen LogP contribution is 2.22. The molecule has 0 aliphatic rings. The summed E-state index contributed by atoms with van der Waals surface area (Å²) in [5, 5.41) is 0.586. The maximum Gasteiger partial charge on any atom is 0.315 e. The molecule has 2 rings (SSSR count). The Morgan fingerprint density at radius 1 is 1.26 bits per heavy atom. The van der Waals surface area contributed by atoms with Gasteiger partial charge in [0.25, 0.3) is 0 Å². The summed E-state index contributed by atoms with van der Waals surface area (Å²) in [5.41, 5.74) is 1.36. The van der Waals surface area contributed by atoms with E-state index < -0.39 is 5.97 Å². The predicted octanol–water partition coefficient (Wildman–Crippen LogP) is 3.94. The van der Waals surface area contributed by atoms with Crippen LogP contribution in [0.25, 0.3) is 0 Å². The Labute approximate surface area is 115 Å². The average molecular weight is 279 g/mol. The molecule has 2 nitrogen and oxygen atoms in total. The van der Waals surface area contributed by atoms with E-state index in [0.29, 0.717) is 16.3 Å². The number of ether oxygens (including phenoxy) is 1. The highest BCUT2D eigenvalue weighted by Gasteiger charge is 2.09. The molecule has 0 fully saturated rings. The maximum atomic E-state index is 13.0. The van der Waals surface area contributed by atoms with E-state index in [4.69, 9.17) is 16.3 Å². The van der Waals surface area contributed by atoms with E-state index >= 15 is 0 Å². The Morgan fingerprint density at radius 2 is 2.05 bits per heavy atom. The van der Waals surface area contributed by atoms with Crippen LogP contribution in [0.3, 0.4) is 0 Å². The second kappa shape index (κ2) is 5.85. The summed E-state index contributed by atoms with van der Waals surface area (Å²) in [6.45, 7) is 1.80. The van der Waals surface area contributed by atoms with Crippen molar-refractivity contribution in [3.63, 3.8) is 0 Å². The second-order valence-corrected chi connectivity index (χ2v) is 4.63. The van der Waals surface area contributed by atoms with Crippen LogP contribution in [-0.2, 0) is 11.2 Å². The first-order valence-electron chi connectivity index (χ1n) is 5.76. The molecule has 0 saturated heterocycles. The highest BCUT2D eigenvalue weighted by molar-refractivity contribution is 6.30. The van der Waals surface area contributed by atoms with Crippen LogP contribution in [0.2, 0.25) is 5.02 Å². The summed E-state index contributed by atoms with van der Waals surface area (Å²) in [4.78, 5) is 11.8. The number of rotatable bonds is 3. The molecular weight excluding hydrogens is 267 g/mol. The zero-order chi connectivity index (χ0) is 13.8. The number of benzene rings is 2. The lowest BCUT2D eigenvalue weighted by Gasteiger charge is -2.07. The zero-order valence-corrected chi connectivity index (χ0v) is 11.1. The summed E-state index contributed by atoms with van der Waals surface area (Å²) >= 11 is 5.82. The van der Waals surface area contributed by atoms with Gasteiger partial charge >= 0.3 is 5.97 Å². The Hall–Kier alpha value is -1.87. The third kappa shape index (κ3) is 3.80. The summed E-state index contributed by atoms with van der Waals surface area (Å²) in [6.07, 6.45) is 0.0276. The quantitative estimate of drug-likeness (QED) is 0.628.